The number of aliphatic hydroxyl groups excluding tert-OH is 1. The molecule has 7 heteroatoms. The lowest BCUT2D eigenvalue weighted by molar-refractivity contribution is -0.146. The summed E-state index contributed by atoms with van der Waals surface area (Å²) in [5, 5.41) is 10.2. The molecule has 0 aromatic rings. The summed E-state index contributed by atoms with van der Waals surface area (Å²) in [6.07, 6.45) is 48.7. The molecule has 1 aliphatic rings. The van der Waals surface area contributed by atoms with Gasteiger partial charge in [0.05, 0.1) is 19.3 Å². The van der Waals surface area contributed by atoms with Gasteiger partial charge in [-0.1, -0.05) is 202 Å². The quantitative estimate of drug-likeness (QED) is 0.0481. The summed E-state index contributed by atoms with van der Waals surface area (Å²) in [5.41, 5.74) is 0. The average molecular weight is 934 g/mol. The van der Waals surface area contributed by atoms with Crippen LogP contribution in [0.15, 0.2) is 0 Å². The normalized spacial score (nSPS) is 15.5. The molecule has 7 nitrogen and oxygen atoms in total. The summed E-state index contributed by atoms with van der Waals surface area (Å²) < 4.78 is 11.9. The highest BCUT2D eigenvalue weighted by Crippen LogP contribution is 2.25. The first-order chi connectivity index (χ1) is 32.4. The smallest absolute Gasteiger partial charge is 0.305 e. The van der Waals surface area contributed by atoms with Gasteiger partial charge in [-0.15, -0.1) is 0 Å². The highest BCUT2D eigenvalue weighted by molar-refractivity contribution is 5.69. The molecule has 1 aliphatic carbocycles. The number of hydrogen-bond donors (Lipinski definition) is 1. The van der Waals surface area contributed by atoms with E-state index < -0.39 is 0 Å². The lowest BCUT2D eigenvalue weighted by Gasteiger charge is -2.37. The summed E-state index contributed by atoms with van der Waals surface area (Å²) in [6.45, 7) is 18.0. The molecular formula is C59H116N2O5. The Kier molecular flexibility index (Phi) is 45.2. The van der Waals surface area contributed by atoms with Crippen molar-refractivity contribution in [2.45, 2.75) is 310 Å². The van der Waals surface area contributed by atoms with Crippen LogP contribution in [0.1, 0.15) is 298 Å². The van der Waals surface area contributed by atoms with Gasteiger partial charge in [0.2, 0.25) is 0 Å². The maximum Gasteiger partial charge on any atom is 0.305 e. The van der Waals surface area contributed by atoms with Crippen LogP contribution in [0.25, 0.3) is 0 Å². The molecule has 0 amide bonds. The number of carbonyl (C=O) groups is 2. The molecule has 0 aromatic heterocycles. The second kappa shape index (κ2) is 47.5. The van der Waals surface area contributed by atoms with Crippen LogP contribution in [0.2, 0.25) is 0 Å². The lowest BCUT2D eigenvalue weighted by Crippen LogP contribution is -2.44. The Balaban J connectivity index is 2.60. The predicted molar refractivity (Wildman–Crippen MR) is 284 cm³/mol. The topological polar surface area (TPSA) is 79.3 Å². The zero-order chi connectivity index (χ0) is 48.0. The summed E-state index contributed by atoms with van der Waals surface area (Å²) >= 11 is 0. The molecule has 392 valence electrons. The summed E-state index contributed by atoms with van der Waals surface area (Å²) in [7, 11) is 0. The van der Waals surface area contributed by atoms with Crippen molar-refractivity contribution in [2.75, 3.05) is 45.9 Å². The van der Waals surface area contributed by atoms with E-state index in [0.717, 1.165) is 103 Å². The Hall–Kier alpha value is -1.18. The van der Waals surface area contributed by atoms with Crippen molar-refractivity contribution in [1.82, 2.24) is 9.80 Å². The number of unbranched alkanes of at least 4 members (excludes halogenated alkanes) is 24. The van der Waals surface area contributed by atoms with Crippen molar-refractivity contribution >= 4 is 11.9 Å². The van der Waals surface area contributed by atoms with Crippen molar-refractivity contribution in [3.8, 4) is 0 Å². The minimum atomic E-state index is -0.121. The fourth-order valence-corrected chi connectivity index (χ4v) is 10.4. The highest BCUT2D eigenvalue weighted by atomic mass is 16.5. The molecule has 0 unspecified atom stereocenters. The molecule has 1 fully saturated rings. The molecule has 1 saturated carbocycles. The molecule has 0 radical (unpaired) electrons. The largest absolute Gasteiger partial charge is 0.465 e. The molecule has 0 heterocycles. The van der Waals surface area contributed by atoms with Gasteiger partial charge in [0.25, 0.3) is 0 Å². The maximum absolute atomic E-state index is 13.0. The van der Waals surface area contributed by atoms with Gasteiger partial charge < -0.3 is 19.5 Å². The van der Waals surface area contributed by atoms with Crippen molar-refractivity contribution in [3.05, 3.63) is 0 Å². The van der Waals surface area contributed by atoms with Crippen molar-refractivity contribution in [3.63, 3.8) is 0 Å². The van der Waals surface area contributed by atoms with Gasteiger partial charge in [-0.25, -0.2) is 0 Å². The number of rotatable bonds is 50. The molecule has 1 N–H and O–H groups in total. The van der Waals surface area contributed by atoms with E-state index in [4.69, 9.17) is 9.47 Å². The Morgan fingerprint density at radius 3 is 1.12 bits per heavy atom. The first-order valence-electron chi connectivity index (χ1n) is 29.8. The van der Waals surface area contributed by atoms with Gasteiger partial charge in [-0.3, -0.25) is 14.5 Å². The fraction of sp³-hybridized carbons (Fsp3) is 0.966. The zero-order valence-corrected chi connectivity index (χ0v) is 45.2. The second-order valence-electron chi connectivity index (χ2n) is 21.3. The van der Waals surface area contributed by atoms with E-state index in [1.54, 1.807) is 0 Å². The Labute approximate surface area is 412 Å². The first kappa shape index (κ1) is 62.8. The standard InChI is InChI=1S/C59H116N2O5/c1-6-11-15-19-23-29-37-54(38-30-24-20-16-12-7-2)52-65-58(63)41-33-27-35-48-60(50-51-61(47-10-5)56-43-45-57(62)46-44-56)49-36-28-34-42-59(64)66-53-55(39-31-25-21-17-13-8-3)40-32-26-22-18-14-9-4/h54-57,62H,6-53H2,1-5H3. The van der Waals surface area contributed by atoms with Crippen LogP contribution in [-0.2, 0) is 19.1 Å². The van der Waals surface area contributed by atoms with E-state index in [-0.39, 0.29) is 18.0 Å². The van der Waals surface area contributed by atoms with Crippen molar-refractivity contribution in [2.24, 2.45) is 11.8 Å². The molecular weight excluding hydrogens is 817 g/mol. The monoisotopic (exact) mass is 933 g/mol. The van der Waals surface area contributed by atoms with E-state index in [0.29, 0.717) is 43.9 Å². The molecule has 0 bridgehead atoms. The van der Waals surface area contributed by atoms with Crippen molar-refractivity contribution in [1.29, 1.82) is 0 Å². The van der Waals surface area contributed by atoms with E-state index in [9.17, 15) is 14.7 Å². The van der Waals surface area contributed by atoms with Gasteiger partial charge in [0, 0.05) is 32.0 Å². The Morgan fingerprint density at radius 2 is 0.758 bits per heavy atom. The zero-order valence-electron chi connectivity index (χ0n) is 45.2. The van der Waals surface area contributed by atoms with E-state index in [1.807, 2.05) is 0 Å². The third kappa shape index (κ3) is 38.6. The molecule has 66 heavy (non-hydrogen) atoms. The summed E-state index contributed by atoms with van der Waals surface area (Å²) in [5.74, 6) is 1.03. The van der Waals surface area contributed by atoms with Crippen LogP contribution in [0, 0.1) is 11.8 Å². The Morgan fingerprint density at radius 1 is 0.409 bits per heavy atom. The Bertz CT molecular complexity index is 940. The number of esters is 2. The third-order valence-corrected chi connectivity index (χ3v) is 14.9. The molecule has 0 saturated heterocycles. The minimum Gasteiger partial charge on any atom is -0.465 e. The van der Waals surface area contributed by atoms with Gasteiger partial charge in [0.15, 0.2) is 0 Å². The van der Waals surface area contributed by atoms with Crippen LogP contribution >= 0.6 is 0 Å². The first-order valence-corrected chi connectivity index (χ1v) is 29.8. The number of carbonyl (C=O) groups excluding carboxylic acids is 2. The maximum atomic E-state index is 13.0. The third-order valence-electron chi connectivity index (χ3n) is 14.9. The van der Waals surface area contributed by atoms with Gasteiger partial charge in [0.1, 0.15) is 0 Å². The SMILES string of the molecule is CCCCCCCCC(CCCCCCCC)COC(=O)CCCCCN(CCCCCC(=O)OCC(CCCCCCCC)CCCCCCCC)CCN(CCC)C1CCC(O)CC1. The lowest BCUT2D eigenvalue weighted by atomic mass is 9.92. The van der Waals surface area contributed by atoms with E-state index in [1.165, 1.54) is 180 Å². The van der Waals surface area contributed by atoms with Gasteiger partial charge in [-0.2, -0.15) is 0 Å². The molecule has 0 atom stereocenters. The average Bonchev–Trinajstić information content (AvgIpc) is 3.32. The van der Waals surface area contributed by atoms with Crippen LogP contribution in [0.5, 0.6) is 0 Å². The predicted octanol–water partition coefficient (Wildman–Crippen LogP) is 16.7. The van der Waals surface area contributed by atoms with Crippen molar-refractivity contribution < 1.29 is 24.2 Å². The molecule has 1 rings (SSSR count). The van der Waals surface area contributed by atoms with Crippen LogP contribution in [0.3, 0.4) is 0 Å². The number of hydrogen-bond acceptors (Lipinski definition) is 7. The number of ether oxygens (including phenoxy) is 2. The summed E-state index contributed by atoms with van der Waals surface area (Å²) in [4.78, 5) is 31.3. The van der Waals surface area contributed by atoms with E-state index >= 15 is 0 Å². The minimum absolute atomic E-state index is 0.000197. The van der Waals surface area contributed by atoms with Crippen LogP contribution < -0.4 is 0 Å². The number of nitrogens with zero attached hydrogens (tertiary/aromatic N) is 2. The highest BCUT2D eigenvalue weighted by Gasteiger charge is 2.25. The summed E-state index contributed by atoms with van der Waals surface area (Å²) in [6, 6.07) is 0.583. The molecule has 0 spiro atoms. The molecule has 0 aromatic carbocycles. The van der Waals surface area contributed by atoms with Crippen LogP contribution in [0.4, 0.5) is 0 Å². The second-order valence-corrected chi connectivity index (χ2v) is 21.3. The van der Waals surface area contributed by atoms with Crippen LogP contribution in [-0.4, -0.2) is 84.9 Å². The van der Waals surface area contributed by atoms with Gasteiger partial charge >= 0.3 is 11.9 Å². The van der Waals surface area contributed by atoms with Gasteiger partial charge in [-0.05, 0) is 115 Å². The van der Waals surface area contributed by atoms with E-state index in [2.05, 4.69) is 44.4 Å². The number of aliphatic hydroxyl groups is 1. The molecule has 0 aliphatic heterocycles. The fourth-order valence-electron chi connectivity index (χ4n) is 10.4.